The third-order valence-electron chi connectivity index (χ3n) is 5.33. The molecule has 0 aliphatic rings. The van der Waals surface area contributed by atoms with Crippen molar-refractivity contribution >= 4 is 17.6 Å². The highest BCUT2D eigenvalue weighted by Gasteiger charge is 2.55. The van der Waals surface area contributed by atoms with E-state index in [2.05, 4.69) is 19.2 Å². The van der Waals surface area contributed by atoms with Crippen LogP contribution in [0.25, 0.3) is 0 Å². The molecule has 0 spiro atoms. The van der Waals surface area contributed by atoms with Gasteiger partial charge in [0.2, 0.25) is 0 Å². The van der Waals surface area contributed by atoms with Gasteiger partial charge in [-0.15, -0.1) is 0 Å². The van der Waals surface area contributed by atoms with Gasteiger partial charge < -0.3 is 31.9 Å². The number of unbranched alkanes of at least 4 members (excludes halogenated alkanes) is 4. The minimum atomic E-state index is -2.98. The van der Waals surface area contributed by atoms with E-state index in [-0.39, 0.29) is 11.3 Å². The standard InChI is InChI=1S/C23H53NO6Si2/c1-9-17-18-19-20-21-23(32(28-14-6,29-15-7)30-16-8)24-22(10-2)31(25-11-3,26-12-4)27-13-5/h22-24H,9-21H2,1-8H3. The van der Waals surface area contributed by atoms with Gasteiger partial charge >= 0.3 is 17.6 Å². The van der Waals surface area contributed by atoms with Crippen LogP contribution in [-0.2, 0) is 26.6 Å². The first kappa shape index (κ1) is 32.2. The molecule has 0 rings (SSSR count). The first-order chi connectivity index (χ1) is 15.5. The van der Waals surface area contributed by atoms with E-state index in [1.807, 2.05) is 41.5 Å². The largest absolute Gasteiger partial charge is 0.518 e. The monoisotopic (exact) mass is 495 g/mol. The number of hydrogen-bond acceptors (Lipinski definition) is 7. The van der Waals surface area contributed by atoms with Crippen molar-refractivity contribution in [1.82, 2.24) is 5.32 Å². The zero-order valence-electron chi connectivity index (χ0n) is 22.3. The highest BCUT2D eigenvalue weighted by Crippen LogP contribution is 2.25. The van der Waals surface area contributed by atoms with E-state index in [9.17, 15) is 0 Å². The first-order valence-corrected chi connectivity index (χ1v) is 16.7. The van der Waals surface area contributed by atoms with Crippen molar-refractivity contribution in [3.8, 4) is 0 Å². The Morgan fingerprint density at radius 3 is 1.22 bits per heavy atom. The summed E-state index contributed by atoms with van der Waals surface area (Å²) in [6, 6.07) is 0. The van der Waals surface area contributed by atoms with Gasteiger partial charge in [-0.3, -0.25) is 0 Å². The summed E-state index contributed by atoms with van der Waals surface area (Å²) in [5.41, 5.74) is -0.0987. The summed E-state index contributed by atoms with van der Waals surface area (Å²) in [4.78, 5) is 0. The summed E-state index contributed by atoms with van der Waals surface area (Å²) in [6.07, 6.45) is 7.82. The Bertz CT molecular complexity index is 399. The minimum absolute atomic E-state index is 0.0397. The second-order valence-corrected chi connectivity index (χ2v) is 13.2. The topological polar surface area (TPSA) is 67.4 Å². The SMILES string of the molecule is CCCCCCCC(NC(CC)[Si](OCC)(OCC)OCC)[Si](OCC)(OCC)OCC. The van der Waals surface area contributed by atoms with Crippen LogP contribution >= 0.6 is 0 Å². The van der Waals surface area contributed by atoms with Crippen LogP contribution in [0.3, 0.4) is 0 Å². The van der Waals surface area contributed by atoms with Gasteiger partial charge in [0.1, 0.15) is 0 Å². The molecule has 194 valence electrons. The summed E-state index contributed by atoms with van der Waals surface area (Å²) in [6.45, 7) is 19.7. The molecule has 0 aromatic rings. The molecule has 2 atom stereocenters. The molecule has 0 aromatic heterocycles. The number of hydrogen-bond donors (Lipinski definition) is 1. The fourth-order valence-electron chi connectivity index (χ4n) is 4.09. The molecule has 0 saturated heterocycles. The van der Waals surface area contributed by atoms with E-state index in [1.165, 1.54) is 25.7 Å². The number of rotatable bonds is 23. The molecular formula is C23H53NO6Si2. The van der Waals surface area contributed by atoms with Crippen LogP contribution in [-0.4, -0.2) is 68.6 Å². The van der Waals surface area contributed by atoms with Crippen molar-refractivity contribution in [2.24, 2.45) is 0 Å². The predicted molar refractivity (Wildman–Crippen MR) is 136 cm³/mol. The van der Waals surface area contributed by atoms with Crippen molar-refractivity contribution in [3.63, 3.8) is 0 Å². The fraction of sp³-hybridized carbons (Fsp3) is 1.00. The van der Waals surface area contributed by atoms with E-state index in [1.54, 1.807) is 0 Å². The summed E-state index contributed by atoms with van der Waals surface area (Å²) in [5.74, 6) is 0. The second kappa shape index (κ2) is 19.5. The van der Waals surface area contributed by atoms with Crippen LogP contribution in [0.1, 0.15) is 100 Å². The van der Waals surface area contributed by atoms with E-state index < -0.39 is 17.6 Å². The van der Waals surface area contributed by atoms with E-state index in [0.717, 1.165) is 19.3 Å². The molecule has 0 bridgehead atoms. The van der Waals surface area contributed by atoms with Gasteiger partial charge in [-0.05, 0) is 54.4 Å². The number of nitrogens with one attached hydrogen (secondary N) is 1. The van der Waals surface area contributed by atoms with Crippen molar-refractivity contribution in [3.05, 3.63) is 0 Å². The second-order valence-electron chi connectivity index (χ2n) is 7.69. The van der Waals surface area contributed by atoms with Gasteiger partial charge in [-0.2, -0.15) is 0 Å². The molecule has 32 heavy (non-hydrogen) atoms. The predicted octanol–water partition coefficient (Wildman–Crippen LogP) is 5.26. The van der Waals surface area contributed by atoms with Crippen molar-refractivity contribution in [2.45, 2.75) is 112 Å². The Morgan fingerprint density at radius 2 is 0.875 bits per heavy atom. The maximum Gasteiger partial charge on any atom is 0.518 e. The Hall–Kier alpha value is 0.154. The van der Waals surface area contributed by atoms with E-state index >= 15 is 0 Å². The average Bonchev–Trinajstić information content (AvgIpc) is 2.76. The lowest BCUT2D eigenvalue weighted by Gasteiger charge is -2.41. The van der Waals surface area contributed by atoms with Crippen molar-refractivity contribution < 1.29 is 26.6 Å². The van der Waals surface area contributed by atoms with Gasteiger partial charge in [0, 0.05) is 39.6 Å². The van der Waals surface area contributed by atoms with Crippen LogP contribution in [0.15, 0.2) is 0 Å². The molecule has 2 unspecified atom stereocenters. The Kier molecular flexibility index (Phi) is 19.6. The first-order valence-electron chi connectivity index (χ1n) is 13.1. The van der Waals surface area contributed by atoms with Crippen LogP contribution in [0.4, 0.5) is 0 Å². The highest BCUT2D eigenvalue weighted by molar-refractivity contribution is 6.64. The highest BCUT2D eigenvalue weighted by atomic mass is 28.4. The molecule has 0 saturated carbocycles. The molecular weight excluding hydrogens is 442 g/mol. The molecule has 0 radical (unpaired) electrons. The molecule has 9 heteroatoms. The Balaban J connectivity index is 5.98. The molecule has 1 N–H and O–H groups in total. The fourth-order valence-corrected chi connectivity index (χ4v) is 10.2. The smallest absolute Gasteiger partial charge is 0.373 e. The molecule has 0 aromatic carbocycles. The quantitative estimate of drug-likeness (QED) is 0.153. The molecule has 0 aliphatic carbocycles. The minimum Gasteiger partial charge on any atom is -0.373 e. The van der Waals surface area contributed by atoms with Gasteiger partial charge in [0.05, 0.1) is 11.3 Å². The van der Waals surface area contributed by atoms with Gasteiger partial charge in [0.25, 0.3) is 0 Å². The lowest BCUT2D eigenvalue weighted by atomic mass is 10.1. The van der Waals surface area contributed by atoms with E-state index in [4.69, 9.17) is 26.6 Å². The summed E-state index contributed by atoms with van der Waals surface area (Å²) in [5, 5.41) is 3.86. The zero-order chi connectivity index (χ0) is 24.3. The Morgan fingerprint density at radius 1 is 0.500 bits per heavy atom. The molecule has 7 nitrogen and oxygen atoms in total. The molecule has 0 heterocycles. The third kappa shape index (κ3) is 10.6. The lowest BCUT2D eigenvalue weighted by molar-refractivity contribution is 0.0430. The molecule has 0 amide bonds. The third-order valence-corrected chi connectivity index (χ3v) is 12.2. The maximum atomic E-state index is 6.31. The van der Waals surface area contributed by atoms with Crippen molar-refractivity contribution in [1.29, 1.82) is 0 Å². The van der Waals surface area contributed by atoms with Gasteiger partial charge in [-0.1, -0.05) is 46.0 Å². The van der Waals surface area contributed by atoms with Gasteiger partial charge in [-0.25, -0.2) is 0 Å². The Labute approximate surface area is 201 Å². The normalized spacial score (nSPS) is 14.6. The van der Waals surface area contributed by atoms with E-state index in [0.29, 0.717) is 39.6 Å². The van der Waals surface area contributed by atoms with Crippen molar-refractivity contribution in [2.75, 3.05) is 39.6 Å². The van der Waals surface area contributed by atoms with Crippen LogP contribution < -0.4 is 5.32 Å². The summed E-state index contributed by atoms with van der Waals surface area (Å²) in [7, 11) is -5.93. The van der Waals surface area contributed by atoms with Gasteiger partial charge in [0.15, 0.2) is 0 Å². The average molecular weight is 496 g/mol. The molecule has 0 aliphatic heterocycles. The maximum absolute atomic E-state index is 6.31. The van der Waals surface area contributed by atoms with Crippen LogP contribution in [0, 0.1) is 0 Å². The van der Waals surface area contributed by atoms with Crippen LogP contribution in [0.5, 0.6) is 0 Å². The summed E-state index contributed by atoms with van der Waals surface area (Å²) >= 11 is 0. The molecule has 0 fully saturated rings. The zero-order valence-corrected chi connectivity index (χ0v) is 24.3. The van der Waals surface area contributed by atoms with Crippen LogP contribution in [0.2, 0.25) is 0 Å². The summed E-state index contributed by atoms with van der Waals surface area (Å²) < 4.78 is 37.7. The lowest BCUT2D eigenvalue weighted by Crippen LogP contribution is -2.70.